The first kappa shape index (κ1) is 26.0. The van der Waals surface area contributed by atoms with Gasteiger partial charge in [0, 0.05) is 46.8 Å². The fourth-order valence-corrected chi connectivity index (χ4v) is 5.79. The van der Waals surface area contributed by atoms with Gasteiger partial charge in [-0.05, 0) is 35.1 Å². The molecule has 3 aromatic rings. The van der Waals surface area contributed by atoms with E-state index in [1.807, 2.05) is 42.5 Å². The summed E-state index contributed by atoms with van der Waals surface area (Å²) in [5, 5.41) is 12.3. The second kappa shape index (κ2) is 10.5. The number of halogens is 1. The van der Waals surface area contributed by atoms with E-state index < -0.39 is 17.9 Å². The van der Waals surface area contributed by atoms with Crippen LogP contribution < -0.4 is 5.32 Å². The van der Waals surface area contributed by atoms with Crippen LogP contribution in [0.1, 0.15) is 32.2 Å². The first-order valence-corrected chi connectivity index (χ1v) is 13.1. The molecular formula is C28H29ClN2O4S. The van der Waals surface area contributed by atoms with E-state index in [0.717, 1.165) is 52.7 Å². The first-order valence-electron chi connectivity index (χ1n) is 11.8. The molecule has 0 spiro atoms. The number of carbonyl (C=O) groups is 3. The number of aliphatic carboxylic acids is 1. The minimum absolute atomic E-state index is 0.0331. The van der Waals surface area contributed by atoms with Crippen molar-refractivity contribution in [2.45, 2.75) is 46.2 Å². The first-order chi connectivity index (χ1) is 17.1. The summed E-state index contributed by atoms with van der Waals surface area (Å²) in [6.45, 7) is 6.49. The molecule has 0 radical (unpaired) electrons. The van der Waals surface area contributed by atoms with E-state index in [-0.39, 0.29) is 22.7 Å². The quantitative estimate of drug-likeness (QED) is 0.409. The zero-order valence-corrected chi connectivity index (χ0v) is 22.1. The highest BCUT2D eigenvalue weighted by atomic mass is 35.5. The van der Waals surface area contributed by atoms with Crippen molar-refractivity contribution in [3.05, 3.63) is 71.0 Å². The average Bonchev–Trinajstić information content (AvgIpc) is 3.27. The number of rotatable bonds is 8. The number of fused-ring (bicyclic) bond motifs is 1. The van der Waals surface area contributed by atoms with Crippen molar-refractivity contribution in [3.8, 4) is 22.3 Å². The number of carboxylic acids is 1. The lowest BCUT2D eigenvalue weighted by Crippen LogP contribution is -2.41. The minimum atomic E-state index is -1.16. The van der Waals surface area contributed by atoms with Gasteiger partial charge < -0.3 is 15.0 Å². The van der Waals surface area contributed by atoms with E-state index in [0.29, 0.717) is 5.02 Å². The van der Waals surface area contributed by atoms with Gasteiger partial charge in [0.15, 0.2) is 5.12 Å². The Balaban J connectivity index is 1.76. The average molecular weight is 525 g/mol. The molecule has 0 saturated carbocycles. The van der Waals surface area contributed by atoms with Crippen LogP contribution in [0, 0.1) is 5.41 Å². The van der Waals surface area contributed by atoms with Crippen LogP contribution in [0.5, 0.6) is 0 Å². The lowest BCUT2D eigenvalue weighted by Gasteiger charge is -2.19. The predicted molar refractivity (Wildman–Crippen MR) is 144 cm³/mol. The number of hydrogen-bond donors (Lipinski definition) is 2. The molecule has 2 heterocycles. The molecule has 0 fully saturated rings. The van der Waals surface area contributed by atoms with Crippen LogP contribution in [0.25, 0.3) is 22.3 Å². The number of hydrogen-bond acceptors (Lipinski definition) is 4. The Morgan fingerprint density at radius 3 is 2.31 bits per heavy atom. The molecule has 0 bridgehead atoms. The highest BCUT2D eigenvalue weighted by molar-refractivity contribution is 8.13. The summed E-state index contributed by atoms with van der Waals surface area (Å²) < 4.78 is 2.27. The standard InChI is InChI=1S/C28H29ClN2O4S/c1-17(32)30-21(27(34)35)15-36-24(33)13-22-25(19-9-11-20(29)12-10-19)26(18-7-5-4-6-8-18)23-14-28(2,3)16-31(22)23/h4-12,21H,13-16H2,1-3H3,(H,30,32)(H,34,35)/t21-/m1/s1. The number of carboxylic acid groups (broad SMARTS) is 1. The van der Waals surface area contributed by atoms with Gasteiger partial charge in [0.05, 0.1) is 6.42 Å². The smallest absolute Gasteiger partial charge is 0.327 e. The molecule has 188 valence electrons. The van der Waals surface area contributed by atoms with Crippen LogP contribution in [0.3, 0.4) is 0 Å². The van der Waals surface area contributed by atoms with Gasteiger partial charge in [0.1, 0.15) is 6.04 Å². The molecule has 1 aliphatic heterocycles. The van der Waals surface area contributed by atoms with Crippen LogP contribution in [-0.2, 0) is 33.8 Å². The summed E-state index contributed by atoms with van der Waals surface area (Å²) in [7, 11) is 0. The highest BCUT2D eigenvalue weighted by Crippen LogP contribution is 2.47. The third kappa shape index (κ3) is 5.68. The van der Waals surface area contributed by atoms with Crippen molar-refractivity contribution in [2.75, 3.05) is 5.75 Å². The molecule has 0 aliphatic carbocycles. The van der Waals surface area contributed by atoms with Gasteiger partial charge in [-0.2, -0.15) is 0 Å². The summed E-state index contributed by atoms with van der Waals surface area (Å²) >= 11 is 7.12. The van der Waals surface area contributed by atoms with E-state index in [9.17, 15) is 19.5 Å². The van der Waals surface area contributed by atoms with Crippen LogP contribution in [0.2, 0.25) is 5.02 Å². The predicted octanol–water partition coefficient (Wildman–Crippen LogP) is 5.45. The summed E-state index contributed by atoms with van der Waals surface area (Å²) in [4.78, 5) is 36.1. The van der Waals surface area contributed by atoms with Crippen LogP contribution >= 0.6 is 23.4 Å². The maximum absolute atomic E-state index is 13.2. The van der Waals surface area contributed by atoms with Crippen molar-refractivity contribution in [1.29, 1.82) is 0 Å². The highest BCUT2D eigenvalue weighted by Gasteiger charge is 2.36. The molecule has 4 rings (SSSR count). The molecule has 36 heavy (non-hydrogen) atoms. The molecule has 8 heteroatoms. The maximum atomic E-state index is 13.2. The monoisotopic (exact) mass is 524 g/mol. The Morgan fingerprint density at radius 1 is 1.06 bits per heavy atom. The number of benzene rings is 2. The molecule has 6 nitrogen and oxygen atoms in total. The molecule has 0 unspecified atom stereocenters. The molecule has 0 saturated heterocycles. The van der Waals surface area contributed by atoms with Crippen molar-refractivity contribution >= 4 is 40.4 Å². The number of nitrogens with one attached hydrogen (secondary N) is 1. The molecule has 2 N–H and O–H groups in total. The van der Waals surface area contributed by atoms with Gasteiger partial charge >= 0.3 is 5.97 Å². The van der Waals surface area contributed by atoms with Gasteiger partial charge in [0.25, 0.3) is 0 Å². The lowest BCUT2D eigenvalue weighted by molar-refractivity contribution is -0.140. The lowest BCUT2D eigenvalue weighted by atomic mass is 9.86. The SMILES string of the molecule is CC(=O)N[C@H](CSC(=O)Cc1c(-c2ccc(Cl)cc2)c(-c2ccccc2)c2n1CC(C)(C)C2)C(=O)O. The Labute approximate surface area is 220 Å². The number of aromatic nitrogens is 1. The summed E-state index contributed by atoms with van der Waals surface area (Å²) in [5.74, 6) is -1.64. The van der Waals surface area contributed by atoms with E-state index in [2.05, 4.69) is 35.9 Å². The summed E-state index contributed by atoms with van der Waals surface area (Å²) in [6.07, 6.45) is 1.02. The topological polar surface area (TPSA) is 88.4 Å². The van der Waals surface area contributed by atoms with E-state index >= 15 is 0 Å². The number of nitrogens with zero attached hydrogens (tertiary/aromatic N) is 1. The molecule has 1 atom stereocenters. The summed E-state index contributed by atoms with van der Waals surface area (Å²) in [6, 6.07) is 16.7. The molecular weight excluding hydrogens is 496 g/mol. The van der Waals surface area contributed by atoms with Gasteiger partial charge in [-0.3, -0.25) is 9.59 Å². The fourth-order valence-electron chi connectivity index (χ4n) is 4.84. The van der Waals surface area contributed by atoms with Crippen LogP contribution in [0.15, 0.2) is 54.6 Å². The third-order valence-corrected chi connectivity index (χ3v) is 7.52. The van der Waals surface area contributed by atoms with Gasteiger partial charge in [-0.1, -0.05) is 79.7 Å². The molecule has 2 aromatic carbocycles. The van der Waals surface area contributed by atoms with Crippen molar-refractivity contribution in [3.63, 3.8) is 0 Å². The van der Waals surface area contributed by atoms with Gasteiger partial charge in [0.2, 0.25) is 5.91 Å². The summed E-state index contributed by atoms with van der Waals surface area (Å²) in [5.41, 5.74) is 6.36. The van der Waals surface area contributed by atoms with Crippen LogP contribution in [-0.4, -0.2) is 38.5 Å². The second-order valence-corrected chi connectivity index (χ2v) is 11.4. The Hall–Kier alpha value is -3.03. The van der Waals surface area contributed by atoms with Crippen molar-refractivity contribution < 1.29 is 19.5 Å². The maximum Gasteiger partial charge on any atom is 0.327 e. The number of carbonyl (C=O) groups excluding carboxylic acids is 2. The second-order valence-electron chi connectivity index (χ2n) is 9.89. The van der Waals surface area contributed by atoms with E-state index in [4.69, 9.17) is 11.6 Å². The molecule has 1 amide bonds. The van der Waals surface area contributed by atoms with Crippen molar-refractivity contribution in [1.82, 2.24) is 9.88 Å². The Kier molecular flexibility index (Phi) is 7.62. The van der Waals surface area contributed by atoms with E-state index in [1.165, 1.54) is 12.6 Å². The third-order valence-electron chi connectivity index (χ3n) is 6.30. The zero-order chi connectivity index (χ0) is 26.0. The van der Waals surface area contributed by atoms with E-state index in [1.54, 1.807) is 0 Å². The Bertz CT molecular complexity index is 1300. The number of amides is 1. The van der Waals surface area contributed by atoms with Gasteiger partial charge in [-0.15, -0.1) is 0 Å². The van der Waals surface area contributed by atoms with Crippen LogP contribution in [0.4, 0.5) is 0 Å². The molecule has 1 aromatic heterocycles. The normalized spacial score (nSPS) is 14.8. The minimum Gasteiger partial charge on any atom is -0.480 e. The zero-order valence-electron chi connectivity index (χ0n) is 20.5. The molecule has 1 aliphatic rings. The Morgan fingerprint density at radius 2 is 1.69 bits per heavy atom. The largest absolute Gasteiger partial charge is 0.480 e. The number of thioether (sulfide) groups is 1. The van der Waals surface area contributed by atoms with Gasteiger partial charge in [-0.25, -0.2) is 4.79 Å². The fraction of sp³-hybridized carbons (Fsp3) is 0.321. The van der Waals surface area contributed by atoms with Crippen molar-refractivity contribution in [2.24, 2.45) is 5.41 Å².